The summed E-state index contributed by atoms with van der Waals surface area (Å²) in [6.07, 6.45) is 5.01. The third kappa shape index (κ3) is 5.56. The van der Waals surface area contributed by atoms with Crippen LogP contribution in [0.15, 0.2) is 47.6 Å². The van der Waals surface area contributed by atoms with Crippen molar-refractivity contribution >= 4 is 35.2 Å². The Morgan fingerprint density at radius 1 is 1.17 bits per heavy atom. The van der Waals surface area contributed by atoms with E-state index in [0.717, 1.165) is 18.9 Å². The lowest BCUT2D eigenvalue weighted by atomic mass is 9.96. The zero-order valence-electron chi connectivity index (χ0n) is 16.6. The van der Waals surface area contributed by atoms with Crippen molar-refractivity contribution in [2.24, 2.45) is 5.92 Å². The highest BCUT2D eigenvalue weighted by molar-refractivity contribution is 7.98. The molecule has 0 aliphatic carbocycles. The SMILES string of the molecule is CSc1ncccc1C(=O)N1CCC(CNC(=O)C(=O)Nc2cccc(F)c2)CC1. The maximum Gasteiger partial charge on any atom is 0.313 e. The van der Waals surface area contributed by atoms with Crippen LogP contribution >= 0.6 is 11.8 Å². The topological polar surface area (TPSA) is 91.4 Å². The van der Waals surface area contributed by atoms with Gasteiger partial charge in [-0.3, -0.25) is 14.4 Å². The minimum Gasteiger partial charge on any atom is -0.348 e. The maximum atomic E-state index is 13.2. The summed E-state index contributed by atoms with van der Waals surface area (Å²) in [6, 6.07) is 8.89. The van der Waals surface area contributed by atoms with Gasteiger partial charge in [0.25, 0.3) is 5.91 Å². The Morgan fingerprint density at radius 3 is 2.63 bits per heavy atom. The Hall–Kier alpha value is -2.94. The van der Waals surface area contributed by atoms with Gasteiger partial charge in [0.05, 0.1) is 5.56 Å². The van der Waals surface area contributed by atoms with Crippen LogP contribution in [0, 0.1) is 11.7 Å². The van der Waals surface area contributed by atoms with Gasteiger partial charge in [-0.05, 0) is 55.3 Å². The second kappa shape index (κ2) is 10.2. The smallest absolute Gasteiger partial charge is 0.313 e. The van der Waals surface area contributed by atoms with E-state index in [4.69, 9.17) is 0 Å². The first-order valence-electron chi connectivity index (χ1n) is 9.61. The molecule has 0 bridgehead atoms. The molecule has 0 radical (unpaired) electrons. The van der Waals surface area contributed by atoms with E-state index in [1.54, 1.807) is 23.2 Å². The van der Waals surface area contributed by atoms with Crippen LogP contribution < -0.4 is 10.6 Å². The lowest BCUT2D eigenvalue weighted by Crippen LogP contribution is -2.43. The molecular formula is C21H23FN4O3S. The third-order valence-corrected chi connectivity index (χ3v) is 5.65. The van der Waals surface area contributed by atoms with Crippen molar-refractivity contribution in [1.82, 2.24) is 15.2 Å². The molecule has 0 spiro atoms. The molecule has 1 aromatic heterocycles. The highest BCUT2D eigenvalue weighted by atomic mass is 32.2. The second-order valence-corrected chi connectivity index (χ2v) is 7.77. The van der Waals surface area contributed by atoms with Crippen molar-refractivity contribution in [3.63, 3.8) is 0 Å². The standard InChI is InChI=1S/C21H23FN4O3S/c1-30-20-17(6-3-9-23-20)21(29)26-10-7-14(8-11-26)13-24-18(27)19(28)25-16-5-2-4-15(22)12-16/h2-6,9,12,14H,7-8,10-11,13H2,1H3,(H,24,27)(H,25,28). The molecule has 1 aromatic carbocycles. The van der Waals surface area contributed by atoms with E-state index in [9.17, 15) is 18.8 Å². The average molecular weight is 431 g/mol. The van der Waals surface area contributed by atoms with Gasteiger partial charge in [0.15, 0.2) is 0 Å². The van der Waals surface area contributed by atoms with Crippen molar-refractivity contribution in [2.75, 3.05) is 31.2 Å². The average Bonchev–Trinajstić information content (AvgIpc) is 2.77. The Kier molecular flexibility index (Phi) is 7.40. The van der Waals surface area contributed by atoms with Crippen LogP contribution in [0.3, 0.4) is 0 Å². The minimum atomic E-state index is -0.839. The molecular weight excluding hydrogens is 407 g/mol. The number of nitrogens with zero attached hydrogens (tertiary/aromatic N) is 2. The zero-order chi connectivity index (χ0) is 21.5. The van der Waals surface area contributed by atoms with E-state index in [1.165, 1.54) is 30.0 Å². The summed E-state index contributed by atoms with van der Waals surface area (Å²) in [7, 11) is 0. The number of nitrogens with one attached hydrogen (secondary N) is 2. The van der Waals surface area contributed by atoms with Gasteiger partial charge in [0.2, 0.25) is 0 Å². The molecule has 2 heterocycles. The molecule has 1 aliphatic rings. The molecule has 30 heavy (non-hydrogen) atoms. The fourth-order valence-electron chi connectivity index (χ4n) is 3.30. The molecule has 2 N–H and O–H groups in total. The number of pyridine rings is 1. The highest BCUT2D eigenvalue weighted by Crippen LogP contribution is 2.22. The van der Waals surface area contributed by atoms with E-state index in [0.29, 0.717) is 30.2 Å². The van der Waals surface area contributed by atoms with Crippen molar-refractivity contribution in [2.45, 2.75) is 17.9 Å². The van der Waals surface area contributed by atoms with Crippen molar-refractivity contribution < 1.29 is 18.8 Å². The molecule has 0 saturated carbocycles. The number of likely N-dealkylation sites (tertiary alicyclic amines) is 1. The molecule has 0 atom stereocenters. The van der Waals surface area contributed by atoms with Gasteiger partial charge in [0.1, 0.15) is 10.8 Å². The summed E-state index contributed by atoms with van der Waals surface area (Å²) < 4.78 is 13.2. The summed E-state index contributed by atoms with van der Waals surface area (Å²) in [5, 5.41) is 5.70. The lowest BCUT2D eigenvalue weighted by Gasteiger charge is -2.32. The molecule has 9 heteroatoms. The monoisotopic (exact) mass is 430 g/mol. The van der Waals surface area contributed by atoms with Gasteiger partial charge >= 0.3 is 11.8 Å². The summed E-state index contributed by atoms with van der Waals surface area (Å²) in [5.41, 5.74) is 0.827. The van der Waals surface area contributed by atoms with Crippen LogP contribution in [0.1, 0.15) is 23.2 Å². The number of rotatable bonds is 5. The predicted molar refractivity (Wildman–Crippen MR) is 113 cm³/mol. The molecule has 3 amide bonds. The van der Waals surface area contributed by atoms with Gasteiger partial charge < -0.3 is 15.5 Å². The first-order chi connectivity index (χ1) is 14.5. The maximum absolute atomic E-state index is 13.2. The van der Waals surface area contributed by atoms with Crippen LogP contribution in [-0.4, -0.2) is 53.5 Å². The van der Waals surface area contributed by atoms with E-state index in [-0.39, 0.29) is 17.5 Å². The van der Waals surface area contributed by atoms with E-state index in [2.05, 4.69) is 15.6 Å². The number of carbonyl (C=O) groups is 3. The number of halogens is 1. The lowest BCUT2D eigenvalue weighted by molar-refractivity contribution is -0.136. The number of thioether (sulfide) groups is 1. The van der Waals surface area contributed by atoms with Crippen LogP contribution in [0.4, 0.5) is 10.1 Å². The summed E-state index contributed by atoms with van der Waals surface area (Å²) in [5.74, 6) is -1.96. The molecule has 2 aromatic rings. The van der Waals surface area contributed by atoms with Crippen molar-refractivity contribution in [3.05, 3.63) is 54.0 Å². The summed E-state index contributed by atoms with van der Waals surface area (Å²) in [4.78, 5) is 42.8. The van der Waals surface area contributed by atoms with Crippen LogP contribution in [-0.2, 0) is 9.59 Å². The number of hydrogen-bond donors (Lipinski definition) is 2. The number of amides is 3. The second-order valence-electron chi connectivity index (χ2n) is 6.97. The summed E-state index contributed by atoms with van der Waals surface area (Å²) >= 11 is 1.44. The van der Waals surface area contributed by atoms with Gasteiger partial charge in [-0.15, -0.1) is 11.8 Å². The third-order valence-electron chi connectivity index (χ3n) is 4.94. The van der Waals surface area contributed by atoms with E-state index >= 15 is 0 Å². The largest absolute Gasteiger partial charge is 0.348 e. The fourth-order valence-corrected chi connectivity index (χ4v) is 3.84. The Morgan fingerprint density at radius 2 is 1.93 bits per heavy atom. The molecule has 3 rings (SSSR count). The van der Waals surface area contributed by atoms with E-state index < -0.39 is 17.6 Å². The highest BCUT2D eigenvalue weighted by Gasteiger charge is 2.26. The normalized spacial score (nSPS) is 14.3. The van der Waals surface area contributed by atoms with Gasteiger partial charge in [0, 0.05) is 31.5 Å². The first kappa shape index (κ1) is 21.8. The molecule has 1 saturated heterocycles. The fraction of sp³-hybridized carbons (Fsp3) is 0.333. The molecule has 158 valence electrons. The number of piperidine rings is 1. The molecule has 1 aliphatic heterocycles. The number of carbonyl (C=O) groups excluding carboxylic acids is 3. The Balaban J connectivity index is 1.45. The quantitative estimate of drug-likeness (QED) is 0.562. The number of hydrogen-bond acceptors (Lipinski definition) is 5. The van der Waals surface area contributed by atoms with E-state index in [1.807, 2.05) is 6.26 Å². The Labute approximate surface area is 178 Å². The zero-order valence-corrected chi connectivity index (χ0v) is 17.4. The van der Waals surface area contributed by atoms with Gasteiger partial charge in [-0.2, -0.15) is 0 Å². The van der Waals surface area contributed by atoms with Crippen LogP contribution in [0.25, 0.3) is 0 Å². The Bertz CT molecular complexity index is 932. The van der Waals surface area contributed by atoms with Gasteiger partial charge in [-0.25, -0.2) is 9.37 Å². The number of anilines is 1. The number of benzene rings is 1. The van der Waals surface area contributed by atoms with Crippen molar-refractivity contribution in [3.8, 4) is 0 Å². The molecule has 1 fully saturated rings. The molecule has 7 nitrogen and oxygen atoms in total. The minimum absolute atomic E-state index is 0.0376. The van der Waals surface area contributed by atoms with Gasteiger partial charge in [-0.1, -0.05) is 6.07 Å². The predicted octanol–water partition coefficient (Wildman–Crippen LogP) is 2.55. The number of aromatic nitrogens is 1. The van der Waals surface area contributed by atoms with Crippen molar-refractivity contribution in [1.29, 1.82) is 0 Å². The van der Waals surface area contributed by atoms with Crippen LogP contribution in [0.2, 0.25) is 0 Å². The first-order valence-corrected chi connectivity index (χ1v) is 10.8. The molecule has 0 unspecified atom stereocenters. The summed E-state index contributed by atoms with van der Waals surface area (Å²) in [6.45, 7) is 1.51. The van der Waals surface area contributed by atoms with Crippen LogP contribution in [0.5, 0.6) is 0 Å².